The van der Waals surface area contributed by atoms with Gasteiger partial charge in [-0.15, -0.1) is 0 Å². The number of para-hydroxylation sites is 1. The van der Waals surface area contributed by atoms with Gasteiger partial charge in [0.1, 0.15) is 11.4 Å². The maximum atomic E-state index is 13.5. The predicted molar refractivity (Wildman–Crippen MR) is 110 cm³/mol. The van der Waals surface area contributed by atoms with Gasteiger partial charge < -0.3 is 10.6 Å². The number of hydrogen-bond donors (Lipinski definition) is 2. The van der Waals surface area contributed by atoms with Crippen LogP contribution in [0.3, 0.4) is 0 Å². The van der Waals surface area contributed by atoms with E-state index in [0.29, 0.717) is 17.3 Å². The van der Waals surface area contributed by atoms with E-state index >= 15 is 0 Å². The van der Waals surface area contributed by atoms with Crippen molar-refractivity contribution in [1.82, 2.24) is 9.97 Å². The van der Waals surface area contributed by atoms with Crippen molar-refractivity contribution in [1.29, 1.82) is 0 Å². The molecule has 29 heavy (non-hydrogen) atoms. The van der Waals surface area contributed by atoms with E-state index < -0.39 is 11.7 Å². The molecule has 4 nitrogen and oxygen atoms in total. The molecule has 0 atom stereocenters. The van der Waals surface area contributed by atoms with Crippen molar-refractivity contribution in [3.63, 3.8) is 0 Å². The van der Waals surface area contributed by atoms with Gasteiger partial charge in [0.2, 0.25) is 5.95 Å². The van der Waals surface area contributed by atoms with E-state index in [1.54, 1.807) is 12.1 Å². The van der Waals surface area contributed by atoms with Crippen LogP contribution in [0.2, 0.25) is 0 Å². The number of benzene rings is 2. The number of rotatable bonds is 6. The van der Waals surface area contributed by atoms with E-state index in [1.165, 1.54) is 0 Å². The molecule has 0 bridgehead atoms. The maximum Gasteiger partial charge on any atom is 0.421 e. The van der Waals surface area contributed by atoms with Gasteiger partial charge in [-0.2, -0.15) is 18.2 Å². The Hall–Kier alpha value is -3.09. The second kappa shape index (κ2) is 8.51. The lowest BCUT2D eigenvalue weighted by molar-refractivity contribution is -0.137. The second-order valence-electron chi connectivity index (χ2n) is 7.32. The van der Waals surface area contributed by atoms with Crippen molar-refractivity contribution in [2.24, 2.45) is 5.92 Å². The van der Waals surface area contributed by atoms with E-state index in [0.717, 1.165) is 23.7 Å². The van der Waals surface area contributed by atoms with Crippen LogP contribution in [0, 0.1) is 12.8 Å². The zero-order valence-electron chi connectivity index (χ0n) is 16.5. The first-order valence-corrected chi connectivity index (χ1v) is 9.35. The van der Waals surface area contributed by atoms with Crippen LogP contribution in [0.15, 0.2) is 54.7 Å². The first-order chi connectivity index (χ1) is 13.7. The van der Waals surface area contributed by atoms with Gasteiger partial charge in [-0.25, -0.2) is 4.98 Å². The summed E-state index contributed by atoms with van der Waals surface area (Å²) in [6.07, 6.45) is -3.03. The first-order valence-electron chi connectivity index (χ1n) is 9.35. The number of halogens is 3. The Morgan fingerprint density at radius 1 is 0.966 bits per heavy atom. The quantitative estimate of drug-likeness (QED) is 0.497. The summed E-state index contributed by atoms with van der Waals surface area (Å²) >= 11 is 0. The minimum absolute atomic E-state index is 0.0886. The average molecular weight is 400 g/mol. The molecule has 1 aromatic heterocycles. The molecule has 0 spiro atoms. The predicted octanol–water partition coefficient (Wildman–Crippen LogP) is 6.49. The van der Waals surface area contributed by atoms with Crippen LogP contribution in [0.4, 0.5) is 36.3 Å². The fourth-order valence-electron chi connectivity index (χ4n) is 2.90. The van der Waals surface area contributed by atoms with Gasteiger partial charge in [-0.1, -0.05) is 49.7 Å². The molecule has 0 radical (unpaired) electrons. The molecule has 0 aliphatic rings. The fraction of sp³-hybridized carbons (Fsp3) is 0.273. The number of anilines is 4. The lowest BCUT2D eigenvalue weighted by atomic mass is 10.0. The van der Waals surface area contributed by atoms with Gasteiger partial charge in [0.15, 0.2) is 0 Å². The molecule has 7 heteroatoms. The SMILES string of the molecule is Cc1ccc(Nc2ncc(C(F)(F)F)c(Nc3ccccc3CC(C)C)n2)cc1. The number of nitrogens with zero attached hydrogens (tertiary/aromatic N) is 2. The normalized spacial score (nSPS) is 11.6. The molecule has 3 rings (SSSR count). The van der Waals surface area contributed by atoms with Crippen LogP contribution in [0.5, 0.6) is 0 Å². The minimum atomic E-state index is -4.57. The molecule has 0 unspecified atom stereocenters. The van der Waals surface area contributed by atoms with Crippen LogP contribution < -0.4 is 10.6 Å². The minimum Gasteiger partial charge on any atom is -0.339 e. The van der Waals surface area contributed by atoms with Crippen molar-refractivity contribution in [3.8, 4) is 0 Å². The van der Waals surface area contributed by atoms with Crippen molar-refractivity contribution < 1.29 is 13.2 Å². The summed E-state index contributed by atoms with van der Waals surface area (Å²) in [7, 11) is 0. The van der Waals surface area contributed by atoms with Crippen LogP contribution >= 0.6 is 0 Å². The van der Waals surface area contributed by atoms with Crippen molar-refractivity contribution >= 4 is 23.1 Å². The van der Waals surface area contributed by atoms with E-state index in [9.17, 15) is 13.2 Å². The highest BCUT2D eigenvalue weighted by molar-refractivity contribution is 5.65. The molecule has 152 valence electrons. The third-order valence-corrected chi connectivity index (χ3v) is 4.30. The topological polar surface area (TPSA) is 49.8 Å². The highest BCUT2D eigenvalue weighted by atomic mass is 19.4. The van der Waals surface area contributed by atoms with Crippen molar-refractivity contribution in [3.05, 3.63) is 71.4 Å². The Bertz CT molecular complexity index is 967. The summed E-state index contributed by atoms with van der Waals surface area (Å²) in [4.78, 5) is 7.97. The van der Waals surface area contributed by atoms with Gasteiger partial charge >= 0.3 is 6.18 Å². The maximum absolute atomic E-state index is 13.5. The molecule has 0 saturated carbocycles. The lowest BCUT2D eigenvalue weighted by Crippen LogP contribution is -2.13. The molecule has 0 amide bonds. The fourth-order valence-corrected chi connectivity index (χ4v) is 2.90. The van der Waals surface area contributed by atoms with Crippen molar-refractivity contribution in [2.75, 3.05) is 10.6 Å². The molecule has 0 fully saturated rings. The smallest absolute Gasteiger partial charge is 0.339 e. The molecule has 3 aromatic rings. The molecule has 0 aliphatic heterocycles. The van der Waals surface area contributed by atoms with Crippen LogP contribution in [0.25, 0.3) is 0 Å². The Balaban J connectivity index is 1.96. The number of aromatic nitrogens is 2. The lowest BCUT2D eigenvalue weighted by Gasteiger charge is -2.17. The van der Waals surface area contributed by atoms with E-state index in [-0.39, 0.29) is 11.8 Å². The van der Waals surface area contributed by atoms with Gasteiger partial charge in [-0.3, -0.25) is 0 Å². The summed E-state index contributed by atoms with van der Waals surface area (Å²) < 4.78 is 40.6. The average Bonchev–Trinajstić information content (AvgIpc) is 2.64. The Morgan fingerprint density at radius 2 is 1.66 bits per heavy atom. The highest BCUT2D eigenvalue weighted by Crippen LogP contribution is 2.36. The number of hydrogen-bond acceptors (Lipinski definition) is 4. The summed E-state index contributed by atoms with van der Waals surface area (Å²) in [5, 5.41) is 5.83. The van der Waals surface area contributed by atoms with Crippen LogP contribution in [-0.2, 0) is 12.6 Å². The zero-order chi connectivity index (χ0) is 21.0. The Labute approximate surface area is 168 Å². The molecule has 2 aromatic carbocycles. The molecule has 0 saturated heterocycles. The summed E-state index contributed by atoms with van der Waals surface area (Å²) in [5.74, 6) is 0.174. The summed E-state index contributed by atoms with van der Waals surface area (Å²) in [5.41, 5.74) is 2.40. The van der Waals surface area contributed by atoms with Crippen LogP contribution in [-0.4, -0.2) is 9.97 Å². The number of aryl methyl sites for hydroxylation is 1. The zero-order valence-corrected chi connectivity index (χ0v) is 16.5. The van der Waals surface area contributed by atoms with Crippen LogP contribution in [0.1, 0.15) is 30.5 Å². The second-order valence-corrected chi connectivity index (χ2v) is 7.32. The molecule has 0 aliphatic carbocycles. The first kappa shape index (κ1) is 20.6. The summed E-state index contributed by atoms with van der Waals surface area (Å²) in [6.45, 7) is 6.08. The van der Waals surface area contributed by atoms with E-state index in [2.05, 4.69) is 34.4 Å². The van der Waals surface area contributed by atoms with E-state index in [1.807, 2.05) is 43.3 Å². The standard InChI is InChI=1S/C22H23F3N4/c1-14(2)12-16-6-4-5-7-19(16)28-20-18(22(23,24)25)13-26-21(29-20)27-17-10-8-15(3)9-11-17/h4-11,13-14H,12H2,1-3H3,(H2,26,27,28,29). The molecule has 2 N–H and O–H groups in total. The van der Waals surface area contributed by atoms with Gasteiger partial charge in [0, 0.05) is 17.6 Å². The van der Waals surface area contributed by atoms with Gasteiger partial charge in [0.05, 0.1) is 0 Å². The third-order valence-electron chi connectivity index (χ3n) is 4.30. The Morgan fingerprint density at radius 3 is 2.31 bits per heavy atom. The molecular weight excluding hydrogens is 377 g/mol. The highest BCUT2D eigenvalue weighted by Gasteiger charge is 2.35. The van der Waals surface area contributed by atoms with Gasteiger partial charge in [0.25, 0.3) is 0 Å². The monoisotopic (exact) mass is 400 g/mol. The largest absolute Gasteiger partial charge is 0.421 e. The van der Waals surface area contributed by atoms with E-state index in [4.69, 9.17) is 0 Å². The third kappa shape index (κ3) is 5.47. The molecular formula is C22H23F3N4. The van der Waals surface area contributed by atoms with Crippen molar-refractivity contribution in [2.45, 2.75) is 33.4 Å². The summed E-state index contributed by atoms with van der Waals surface area (Å²) in [6, 6.07) is 14.8. The number of nitrogens with one attached hydrogen (secondary N) is 2. The number of alkyl halides is 3. The molecule has 1 heterocycles. The van der Waals surface area contributed by atoms with Gasteiger partial charge in [-0.05, 0) is 43.0 Å². The Kier molecular flexibility index (Phi) is 6.06.